The van der Waals surface area contributed by atoms with Crippen molar-refractivity contribution in [2.45, 2.75) is 68.9 Å². The van der Waals surface area contributed by atoms with Gasteiger partial charge in [0.2, 0.25) is 6.29 Å². The van der Waals surface area contributed by atoms with Crippen LogP contribution in [0.3, 0.4) is 0 Å². The Labute approximate surface area is 178 Å². The highest BCUT2D eigenvalue weighted by Gasteiger charge is 2.48. The predicted molar refractivity (Wildman–Crippen MR) is 109 cm³/mol. The third-order valence-electron chi connectivity index (χ3n) is 5.31. The number of carboxylic acid groups (broad SMARTS) is 1. The lowest BCUT2D eigenvalue weighted by atomic mass is 9.97. The fourth-order valence-corrected chi connectivity index (χ4v) is 3.75. The van der Waals surface area contributed by atoms with Crippen LogP contribution in [0.4, 0.5) is 0 Å². The molecule has 10 heteroatoms. The SMILES string of the molecule is NC1CCCCC1.O=C(O)[C@H]1O[C@@H](Oc2c[nH]c3cc(Cl)ccc23)[C@H](O)[C@@H](O)[C@@H]1O. The highest BCUT2D eigenvalue weighted by Crippen LogP contribution is 2.31. The minimum absolute atomic E-state index is 0.286. The third-order valence-corrected chi connectivity index (χ3v) is 5.55. The van der Waals surface area contributed by atoms with Crippen LogP contribution in [-0.2, 0) is 9.53 Å². The van der Waals surface area contributed by atoms with Crippen molar-refractivity contribution in [3.8, 4) is 5.75 Å². The van der Waals surface area contributed by atoms with Crippen LogP contribution in [-0.4, -0.2) is 68.1 Å². The second kappa shape index (κ2) is 9.95. The maximum atomic E-state index is 11.1. The summed E-state index contributed by atoms with van der Waals surface area (Å²) in [5.74, 6) is -1.18. The van der Waals surface area contributed by atoms with Gasteiger partial charge in [0.25, 0.3) is 0 Å². The van der Waals surface area contributed by atoms with Crippen molar-refractivity contribution in [2.75, 3.05) is 0 Å². The Balaban J connectivity index is 0.000000310. The summed E-state index contributed by atoms with van der Waals surface area (Å²) in [6.07, 6.45) is -0.0981. The molecule has 0 radical (unpaired) electrons. The summed E-state index contributed by atoms with van der Waals surface area (Å²) in [7, 11) is 0. The molecule has 5 atom stereocenters. The van der Waals surface area contributed by atoms with Crippen molar-refractivity contribution in [3.63, 3.8) is 0 Å². The molecular weight excluding hydrogens is 416 g/mol. The van der Waals surface area contributed by atoms with Crippen LogP contribution in [0, 0.1) is 0 Å². The number of rotatable bonds is 3. The zero-order valence-corrected chi connectivity index (χ0v) is 17.0. The van der Waals surface area contributed by atoms with Crippen molar-refractivity contribution in [1.82, 2.24) is 4.98 Å². The number of ether oxygens (including phenoxy) is 2. The third kappa shape index (κ3) is 5.23. The summed E-state index contributed by atoms with van der Waals surface area (Å²) in [5, 5.41) is 39.5. The molecule has 9 nitrogen and oxygen atoms in total. The second-order valence-electron chi connectivity index (χ2n) is 7.59. The maximum Gasteiger partial charge on any atom is 0.335 e. The Hall–Kier alpha value is -1.88. The summed E-state index contributed by atoms with van der Waals surface area (Å²) in [6.45, 7) is 0. The van der Waals surface area contributed by atoms with Gasteiger partial charge in [-0.3, -0.25) is 0 Å². The predicted octanol–water partition coefficient (Wildman–Crippen LogP) is 1.37. The molecule has 1 aliphatic heterocycles. The lowest BCUT2D eigenvalue weighted by Crippen LogP contribution is -2.61. The van der Waals surface area contributed by atoms with E-state index in [0.29, 0.717) is 22.0 Å². The van der Waals surface area contributed by atoms with Crippen LogP contribution in [0.2, 0.25) is 5.02 Å². The zero-order valence-electron chi connectivity index (χ0n) is 16.3. The van der Waals surface area contributed by atoms with E-state index in [-0.39, 0.29) is 5.75 Å². The number of hydrogen-bond acceptors (Lipinski definition) is 7. The van der Waals surface area contributed by atoms with Crippen LogP contribution in [0.5, 0.6) is 5.75 Å². The molecule has 2 aromatic rings. The Morgan fingerprint density at radius 1 is 1.13 bits per heavy atom. The fourth-order valence-electron chi connectivity index (χ4n) is 3.58. The Bertz CT molecular complexity index is 855. The number of aliphatic hydroxyl groups is 3. The highest BCUT2D eigenvalue weighted by molar-refractivity contribution is 6.31. The number of nitrogens with two attached hydrogens (primary N) is 1. The Kier molecular flexibility index (Phi) is 7.56. The van der Waals surface area contributed by atoms with E-state index in [4.69, 9.17) is 31.9 Å². The molecule has 0 amide bonds. The molecule has 2 fully saturated rings. The van der Waals surface area contributed by atoms with Gasteiger partial charge in [-0.1, -0.05) is 30.9 Å². The molecule has 2 aliphatic rings. The van der Waals surface area contributed by atoms with E-state index >= 15 is 0 Å². The summed E-state index contributed by atoms with van der Waals surface area (Å²) >= 11 is 5.88. The number of halogens is 1. The van der Waals surface area contributed by atoms with Crippen molar-refractivity contribution in [2.24, 2.45) is 5.73 Å². The monoisotopic (exact) mass is 442 g/mol. The molecule has 4 rings (SSSR count). The molecule has 0 bridgehead atoms. The van der Waals surface area contributed by atoms with Gasteiger partial charge >= 0.3 is 5.97 Å². The van der Waals surface area contributed by atoms with E-state index < -0.39 is 36.7 Å². The first-order chi connectivity index (χ1) is 14.3. The van der Waals surface area contributed by atoms with Gasteiger partial charge in [0, 0.05) is 22.6 Å². The lowest BCUT2D eigenvalue weighted by Gasteiger charge is -2.38. The molecule has 1 aromatic heterocycles. The molecule has 1 aromatic carbocycles. The van der Waals surface area contributed by atoms with Gasteiger partial charge in [-0.15, -0.1) is 0 Å². The number of aromatic nitrogens is 1. The summed E-state index contributed by atoms with van der Waals surface area (Å²) in [6, 6.07) is 5.52. The molecule has 1 aliphatic carbocycles. The van der Waals surface area contributed by atoms with Crippen LogP contribution < -0.4 is 10.5 Å². The molecule has 1 saturated heterocycles. The maximum absolute atomic E-state index is 11.1. The van der Waals surface area contributed by atoms with Crippen LogP contribution in [0.1, 0.15) is 32.1 Å². The van der Waals surface area contributed by atoms with Gasteiger partial charge in [0.1, 0.15) is 24.1 Å². The second-order valence-corrected chi connectivity index (χ2v) is 8.03. The van der Waals surface area contributed by atoms with Crippen molar-refractivity contribution in [1.29, 1.82) is 0 Å². The normalized spacial score (nSPS) is 29.8. The van der Waals surface area contributed by atoms with E-state index in [1.807, 2.05) is 0 Å². The van der Waals surface area contributed by atoms with Crippen molar-refractivity contribution in [3.05, 3.63) is 29.4 Å². The molecule has 2 heterocycles. The highest BCUT2D eigenvalue weighted by atomic mass is 35.5. The number of carboxylic acids is 1. The average molecular weight is 443 g/mol. The van der Waals surface area contributed by atoms with Gasteiger partial charge in [-0.05, 0) is 31.0 Å². The average Bonchev–Trinajstić information content (AvgIpc) is 3.11. The van der Waals surface area contributed by atoms with Crippen LogP contribution >= 0.6 is 11.6 Å². The number of aromatic amines is 1. The Morgan fingerprint density at radius 2 is 1.83 bits per heavy atom. The number of H-pyrrole nitrogens is 1. The van der Waals surface area contributed by atoms with Gasteiger partial charge in [-0.25, -0.2) is 4.79 Å². The van der Waals surface area contributed by atoms with Gasteiger partial charge in [-0.2, -0.15) is 0 Å². The van der Waals surface area contributed by atoms with Gasteiger partial charge in [0.15, 0.2) is 6.10 Å². The van der Waals surface area contributed by atoms with Crippen molar-refractivity contribution < 1.29 is 34.7 Å². The molecule has 7 N–H and O–H groups in total. The van der Waals surface area contributed by atoms with E-state index in [9.17, 15) is 20.1 Å². The first kappa shape index (κ1) is 22.8. The first-order valence-corrected chi connectivity index (χ1v) is 10.3. The molecular formula is C20H27ClN2O7. The lowest BCUT2D eigenvalue weighted by molar-refractivity contribution is -0.270. The standard InChI is InChI=1S/C14H14ClNO7.C6H13N/c15-5-1-2-6-7(3-5)16-4-8(6)22-14-11(19)9(17)10(18)12(23-14)13(20)21;7-6-4-2-1-3-5-6/h1-4,9-12,14,16-19H,(H,20,21);6H,1-5,7H2/t9-,10-,11+,12-,14+;/m0./s1. The quantitative estimate of drug-likeness (QED) is 0.415. The first-order valence-electron chi connectivity index (χ1n) is 9.89. The molecule has 0 unspecified atom stereocenters. The number of aliphatic hydroxyl groups excluding tert-OH is 3. The summed E-state index contributed by atoms with van der Waals surface area (Å²) in [4.78, 5) is 14.0. The van der Waals surface area contributed by atoms with E-state index in [2.05, 4.69) is 4.98 Å². The van der Waals surface area contributed by atoms with Crippen molar-refractivity contribution >= 4 is 28.5 Å². The number of benzene rings is 1. The molecule has 0 spiro atoms. The topological polar surface area (TPSA) is 158 Å². The summed E-state index contributed by atoms with van der Waals surface area (Å²) < 4.78 is 10.5. The Morgan fingerprint density at radius 3 is 2.43 bits per heavy atom. The van der Waals surface area contributed by atoms with Gasteiger partial charge < -0.3 is 40.6 Å². The molecule has 30 heavy (non-hydrogen) atoms. The number of carbonyl (C=O) groups is 1. The van der Waals surface area contributed by atoms with Crippen LogP contribution in [0.15, 0.2) is 24.4 Å². The summed E-state index contributed by atoms with van der Waals surface area (Å²) in [5.41, 5.74) is 6.31. The number of hydrogen-bond donors (Lipinski definition) is 6. The zero-order chi connectivity index (χ0) is 21.8. The largest absolute Gasteiger partial charge is 0.479 e. The van der Waals surface area contributed by atoms with E-state index in [1.54, 1.807) is 18.2 Å². The van der Waals surface area contributed by atoms with Gasteiger partial charge in [0.05, 0.1) is 5.52 Å². The minimum atomic E-state index is -1.76. The number of aliphatic carboxylic acids is 1. The minimum Gasteiger partial charge on any atom is -0.479 e. The van der Waals surface area contributed by atoms with E-state index in [0.717, 1.165) is 0 Å². The van der Waals surface area contributed by atoms with Crippen LogP contribution in [0.25, 0.3) is 10.9 Å². The number of nitrogens with one attached hydrogen (secondary N) is 1. The smallest absolute Gasteiger partial charge is 0.335 e. The molecule has 1 saturated carbocycles. The molecule has 166 valence electrons. The fraction of sp³-hybridized carbons (Fsp3) is 0.550. The van der Waals surface area contributed by atoms with E-state index in [1.165, 1.54) is 38.3 Å². The number of fused-ring (bicyclic) bond motifs is 1.